The molecule has 4 aromatic rings. The Kier molecular flexibility index (Phi) is 4.96. The number of carbonyl (C=O) groups is 1. The topological polar surface area (TPSA) is 46.3 Å². The highest BCUT2D eigenvalue weighted by molar-refractivity contribution is 7.22. The van der Waals surface area contributed by atoms with Gasteiger partial charge in [0, 0.05) is 0 Å². The van der Waals surface area contributed by atoms with E-state index in [-0.39, 0.29) is 12.1 Å². The lowest BCUT2D eigenvalue weighted by Crippen LogP contribution is -2.30. The summed E-state index contributed by atoms with van der Waals surface area (Å²) in [7, 11) is 0. The first-order valence-electron chi connectivity index (χ1n) is 9.03. The Labute approximate surface area is 166 Å². The van der Waals surface area contributed by atoms with Crippen molar-refractivity contribution in [3.63, 3.8) is 0 Å². The number of hydrogen-bond acceptors (Lipinski definition) is 4. The van der Waals surface area contributed by atoms with E-state index in [4.69, 9.17) is 9.40 Å². The zero-order chi connectivity index (χ0) is 19.7. The Morgan fingerprint density at radius 3 is 2.68 bits per heavy atom. The van der Waals surface area contributed by atoms with Gasteiger partial charge in [0.25, 0.3) is 5.91 Å². The molecule has 0 unspecified atom stereocenters. The number of rotatable bonds is 5. The van der Waals surface area contributed by atoms with Crippen molar-refractivity contribution < 1.29 is 13.6 Å². The van der Waals surface area contributed by atoms with Crippen LogP contribution in [-0.4, -0.2) is 10.9 Å². The van der Waals surface area contributed by atoms with Crippen LogP contribution in [0.15, 0.2) is 65.3 Å². The highest BCUT2D eigenvalue weighted by Crippen LogP contribution is 2.35. The standard InChI is InChI=1S/C22H19FN2O2S/c1-14(2)16-9-5-11-19-20(16)24-22(28-19)25(13-15-7-6-12-27-15)21(26)17-8-3-4-10-18(17)23/h3-12,14H,13H2,1-2H3. The summed E-state index contributed by atoms with van der Waals surface area (Å²) in [5, 5.41) is 0.521. The third kappa shape index (κ3) is 3.43. The second-order valence-electron chi connectivity index (χ2n) is 6.80. The molecule has 0 aliphatic carbocycles. The average molecular weight is 394 g/mol. The molecule has 1 amide bonds. The minimum Gasteiger partial charge on any atom is -0.467 e. The van der Waals surface area contributed by atoms with E-state index in [0.717, 1.165) is 15.8 Å². The normalized spacial score (nSPS) is 11.3. The van der Waals surface area contributed by atoms with Gasteiger partial charge in [-0.2, -0.15) is 0 Å². The Bertz CT molecular complexity index is 1120. The molecule has 0 aliphatic heterocycles. The molecule has 0 atom stereocenters. The van der Waals surface area contributed by atoms with Crippen molar-refractivity contribution in [2.45, 2.75) is 26.3 Å². The van der Waals surface area contributed by atoms with E-state index in [1.807, 2.05) is 18.2 Å². The molecule has 4 nitrogen and oxygen atoms in total. The largest absolute Gasteiger partial charge is 0.467 e. The molecular weight excluding hydrogens is 375 g/mol. The first-order chi connectivity index (χ1) is 13.5. The molecule has 0 aliphatic rings. The molecule has 4 rings (SSSR count). The van der Waals surface area contributed by atoms with Gasteiger partial charge < -0.3 is 4.42 Å². The quantitative estimate of drug-likeness (QED) is 0.417. The molecule has 0 bridgehead atoms. The summed E-state index contributed by atoms with van der Waals surface area (Å²) in [5.41, 5.74) is 2.01. The van der Waals surface area contributed by atoms with Crippen LogP contribution in [0.25, 0.3) is 10.2 Å². The van der Waals surface area contributed by atoms with Crippen LogP contribution in [-0.2, 0) is 6.54 Å². The lowest BCUT2D eigenvalue weighted by molar-refractivity contribution is 0.0979. The van der Waals surface area contributed by atoms with Gasteiger partial charge in [0.1, 0.15) is 11.6 Å². The van der Waals surface area contributed by atoms with Crippen molar-refractivity contribution in [2.24, 2.45) is 0 Å². The number of furan rings is 1. The van der Waals surface area contributed by atoms with Gasteiger partial charge in [-0.05, 0) is 41.8 Å². The molecule has 6 heteroatoms. The lowest BCUT2D eigenvalue weighted by Gasteiger charge is -2.19. The fourth-order valence-corrected chi connectivity index (χ4v) is 4.10. The molecule has 2 aromatic carbocycles. The van der Waals surface area contributed by atoms with Crippen LogP contribution in [0.2, 0.25) is 0 Å². The molecule has 0 spiro atoms. The van der Waals surface area contributed by atoms with Crippen molar-refractivity contribution in [3.8, 4) is 0 Å². The van der Waals surface area contributed by atoms with Crippen LogP contribution in [0.1, 0.15) is 41.4 Å². The fourth-order valence-electron chi connectivity index (χ4n) is 3.10. The maximum atomic E-state index is 14.3. The molecule has 0 fully saturated rings. The molecule has 2 heterocycles. The summed E-state index contributed by atoms with van der Waals surface area (Å²) in [6.07, 6.45) is 1.55. The zero-order valence-electron chi connectivity index (χ0n) is 15.6. The van der Waals surface area contributed by atoms with Crippen molar-refractivity contribution in [1.82, 2.24) is 4.98 Å². The maximum absolute atomic E-state index is 14.3. The van der Waals surface area contributed by atoms with Crippen LogP contribution in [0.3, 0.4) is 0 Å². The smallest absolute Gasteiger partial charge is 0.263 e. The van der Waals surface area contributed by atoms with Gasteiger partial charge in [-0.1, -0.05) is 49.4 Å². The Morgan fingerprint density at radius 1 is 1.14 bits per heavy atom. The second-order valence-corrected chi connectivity index (χ2v) is 7.80. The summed E-state index contributed by atoms with van der Waals surface area (Å²) in [5.74, 6) is -0.0898. The van der Waals surface area contributed by atoms with E-state index in [2.05, 4.69) is 13.8 Å². The summed E-state index contributed by atoms with van der Waals surface area (Å²) in [4.78, 5) is 19.4. The number of halogens is 1. The van der Waals surface area contributed by atoms with Gasteiger partial charge in [-0.15, -0.1) is 0 Å². The zero-order valence-corrected chi connectivity index (χ0v) is 16.4. The maximum Gasteiger partial charge on any atom is 0.263 e. The predicted molar refractivity (Wildman–Crippen MR) is 109 cm³/mol. The first-order valence-corrected chi connectivity index (χ1v) is 9.84. The number of nitrogens with zero attached hydrogens (tertiary/aromatic N) is 2. The van der Waals surface area contributed by atoms with Crippen LogP contribution >= 0.6 is 11.3 Å². The molecule has 0 saturated heterocycles. The van der Waals surface area contributed by atoms with Crippen LogP contribution in [0.5, 0.6) is 0 Å². The molecule has 0 saturated carbocycles. The average Bonchev–Trinajstić information content (AvgIpc) is 3.34. The molecular formula is C22H19FN2O2S. The highest BCUT2D eigenvalue weighted by Gasteiger charge is 2.25. The van der Waals surface area contributed by atoms with E-state index in [1.165, 1.54) is 28.4 Å². The minimum atomic E-state index is -0.555. The van der Waals surface area contributed by atoms with Gasteiger partial charge in [0.05, 0.1) is 28.6 Å². The van der Waals surface area contributed by atoms with Gasteiger partial charge in [-0.25, -0.2) is 9.37 Å². The number of aromatic nitrogens is 1. The number of benzene rings is 2. The van der Waals surface area contributed by atoms with Gasteiger partial charge in [0.2, 0.25) is 0 Å². The summed E-state index contributed by atoms with van der Waals surface area (Å²) >= 11 is 1.42. The summed E-state index contributed by atoms with van der Waals surface area (Å²) < 4.78 is 20.7. The van der Waals surface area contributed by atoms with E-state index in [9.17, 15) is 9.18 Å². The number of thiazole rings is 1. The third-order valence-electron chi connectivity index (χ3n) is 4.54. The summed E-state index contributed by atoms with van der Waals surface area (Å²) in [6.45, 7) is 4.40. The molecule has 0 N–H and O–H groups in total. The molecule has 142 valence electrons. The summed E-state index contributed by atoms with van der Waals surface area (Å²) in [6, 6.07) is 15.6. The Balaban J connectivity index is 1.82. The van der Waals surface area contributed by atoms with E-state index < -0.39 is 11.7 Å². The van der Waals surface area contributed by atoms with Crippen molar-refractivity contribution in [1.29, 1.82) is 0 Å². The first kappa shape index (κ1) is 18.4. The van der Waals surface area contributed by atoms with Gasteiger partial charge in [-0.3, -0.25) is 9.69 Å². The predicted octanol–water partition coefficient (Wildman–Crippen LogP) is 6.00. The highest BCUT2D eigenvalue weighted by atomic mass is 32.1. The Hall–Kier alpha value is -2.99. The fraction of sp³-hybridized carbons (Fsp3) is 0.182. The van der Waals surface area contributed by atoms with Crippen molar-refractivity contribution in [3.05, 3.63) is 83.6 Å². The van der Waals surface area contributed by atoms with Crippen LogP contribution < -0.4 is 4.90 Å². The van der Waals surface area contributed by atoms with Crippen molar-refractivity contribution in [2.75, 3.05) is 4.90 Å². The molecule has 0 radical (unpaired) electrons. The SMILES string of the molecule is CC(C)c1cccc2sc(N(Cc3ccco3)C(=O)c3ccccc3F)nc12. The van der Waals surface area contributed by atoms with E-state index >= 15 is 0 Å². The Morgan fingerprint density at radius 2 is 1.96 bits per heavy atom. The van der Waals surface area contributed by atoms with Gasteiger partial charge >= 0.3 is 0 Å². The number of hydrogen-bond donors (Lipinski definition) is 0. The number of amides is 1. The van der Waals surface area contributed by atoms with Crippen LogP contribution in [0.4, 0.5) is 9.52 Å². The van der Waals surface area contributed by atoms with Gasteiger partial charge in [0.15, 0.2) is 5.13 Å². The number of para-hydroxylation sites is 1. The molecule has 28 heavy (non-hydrogen) atoms. The number of carbonyl (C=O) groups excluding carboxylic acids is 1. The molecule has 2 aromatic heterocycles. The number of fused-ring (bicyclic) bond motifs is 1. The minimum absolute atomic E-state index is 0.0115. The third-order valence-corrected chi connectivity index (χ3v) is 5.58. The monoisotopic (exact) mass is 394 g/mol. The van der Waals surface area contributed by atoms with E-state index in [1.54, 1.807) is 30.5 Å². The lowest BCUT2D eigenvalue weighted by atomic mass is 10.0. The van der Waals surface area contributed by atoms with Crippen LogP contribution in [0, 0.1) is 5.82 Å². The number of anilines is 1. The van der Waals surface area contributed by atoms with Crippen molar-refractivity contribution >= 4 is 32.6 Å². The van der Waals surface area contributed by atoms with E-state index in [0.29, 0.717) is 16.8 Å². The second kappa shape index (κ2) is 7.56.